The van der Waals surface area contributed by atoms with Gasteiger partial charge >= 0.3 is 0 Å². The van der Waals surface area contributed by atoms with Gasteiger partial charge in [0.05, 0.1) is 13.2 Å². The highest BCUT2D eigenvalue weighted by atomic mass is 16.5. The number of nitrogens with zero attached hydrogens (tertiary/aromatic N) is 1. The van der Waals surface area contributed by atoms with Gasteiger partial charge in [-0.3, -0.25) is 9.69 Å². The van der Waals surface area contributed by atoms with E-state index in [1.54, 1.807) is 0 Å². The van der Waals surface area contributed by atoms with E-state index in [1.807, 2.05) is 0 Å². The fraction of sp³-hybridized carbons (Fsp3) is 0.923. The van der Waals surface area contributed by atoms with Crippen LogP contribution in [0.1, 0.15) is 19.3 Å². The van der Waals surface area contributed by atoms with Crippen LogP contribution in [0.25, 0.3) is 0 Å². The van der Waals surface area contributed by atoms with Gasteiger partial charge in [-0.2, -0.15) is 0 Å². The third kappa shape index (κ3) is 2.80. The van der Waals surface area contributed by atoms with Crippen molar-refractivity contribution in [2.45, 2.75) is 19.3 Å². The summed E-state index contributed by atoms with van der Waals surface area (Å²) in [5.74, 6) is 2.41. The van der Waals surface area contributed by atoms with Crippen molar-refractivity contribution in [2.75, 3.05) is 39.4 Å². The highest BCUT2D eigenvalue weighted by Gasteiger charge is 2.47. The van der Waals surface area contributed by atoms with Crippen LogP contribution in [-0.2, 0) is 9.53 Å². The molecule has 96 valence electrons. The van der Waals surface area contributed by atoms with Crippen LogP contribution in [0.2, 0.25) is 0 Å². The number of nitrogens with one attached hydrogen (secondary N) is 1. The predicted octanol–water partition coefficient (Wildman–Crippen LogP) is 0.481. The van der Waals surface area contributed by atoms with E-state index in [9.17, 15) is 4.79 Å². The molecule has 2 saturated carbocycles. The van der Waals surface area contributed by atoms with Crippen molar-refractivity contribution < 1.29 is 9.53 Å². The standard InChI is InChI=1S/C13H22N2O2/c16-13(12-8-10-7-11(10)9-12)14-1-2-15-3-5-17-6-4-15/h10-12H,1-9H2,(H,14,16). The maximum Gasteiger partial charge on any atom is 0.223 e. The molecule has 1 saturated heterocycles. The summed E-state index contributed by atoms with van der Waals surface area (Å²) in [6.07, 6.45) is 3.68. The molecule has 4 heteroatoms. The summed E-state index contributed by atoms with van der Waals surface area (Å²) in [6, 6.07) is 0. The molecular weight excluding hydrogens is 216 g/mol. The molecule has 1 aliphatic heterocycles. The van der Waals surface area contributed by atoms with Crippen LogP contribution in [0.5, 0.6) is 0 Å². The molecule has 2 aliphatic carbocycles. The first-order valence-electron chi connectivity index (χ1n) is 6.91. The number of morpholine rings is 1. The zero-order valence-electron chi connectivity index (χ0n) is 10.4. The van der Waals surface area contributed by atoms with E-state index in [2.05, 4.69) is 10.2 Å². The summed E-state index contributed by atoms with van der Waals surface area (Å²) >= 11 is 0. The topological polar surface area (TPSA) is 41.6 Å². The number of hydrogen-bond acceptors (Lipinski definition) is 3. The molecule has 1 heterocycles. The second-order valence-corrected chi connectivity index (χ2v) is 5.67. The molecule has 2 atom stereocenters. The lowest BCUT2D eigenvalue weighted by atomic mass is 10.0. The summed E-state index contributed by atoms with van der Waals surface area (Å²) in [7, 11) is 0. The Kier molecular flexibility index (Phi) is 3.34. The minimum Gasteiger partial charge on any atom is -0.379 e. The smallest absolute Gasteiger partial charge is 0.223 e. The van der Waals surface area contributed by atoms with E-state index >= 15 is 0 Å². The van der Waals surface area contributed by atoms with E-state index in [1.165, 1.54) is 6.42 Å². The maximum atomic E-state index is 11.9. The van der Waals surface area contributed by atoms with Gasteiger partial charge in [-0.15, -0.1) is 0 Å². The van der Waals surface area contributed by atoms with Crippen LogP contribution < -0.4 is 5.32 Å². The van der Waals surface area contributed by atoms with Gasteiger partial charge in [0.15, 0.2) is 0 Å². The van der Waals surface area contributed by atoms with Gasteiger partial charge in [-0.1, -0.05) is 0 Å². The Morgan fingerprint density at radius 3 is 2.59 bits per heavy atom. The van der Waals surface area contributed by atoms with Crippen LogP contribution in [0, 0.1) is 17.8 Å². The lowest BCUT2D eigenvalue weighted by Gasteiger charge is -2.26. The zero-order chi connectivity index (χ0) is 11.7. The Bertz CT molecular complexity index is 279. The summed E-state index contributed by atoms with van der Waals surface area (Å²) in [6.45, 7) is 5.44. The van der Waals surface area contributed by atoms with Crippen LogP contribution in [0.4, 0.5) is 0 Å². The van der Waals surface area contributed by atoms with Crippen LogP contribution in [-0.4, -0.2) is 50.2 Å². The highest BCUT2D eigenvalue weighted by molar-refractivity contribution is 5.79. The van der Waals surface area contributed by atoms with Gasteiger partial charge in [0.25, 0.3) is 0 Å². The van der Waals surface area contributed by atoms with Crippen molar-refractivity contribution in [1.29, 1.82) is 0 Å². The minimum absolute atomic E-state index is 0.297. The van der Waals surface area contributed by atoms with Gasteiger partial charge in [0.1, 0.15) is 0 Å². The number of ether oxygens (including phenoxy) is 1. The van der Waals surface area contributed by atoms with Crippen molar-refractivity contribution in [3.05, 3.63) is 0 Å². The first-order chi connectivity index (χ1) is 8.33. The van der Waals surface area contributed by atoms with Gasteiger partial charge in [0, 0.05) is 32.1 Å². The molecular formula is C13H22N2O2. The van der Waals surface area contributed by atoms with Crippen molar-refractivity contribution in [1.82, 2.24) is 10.2 Å². The largest absolute Gasteiger partial charge is 0.379 e. The molecule has 2 unspecified atom stereocenters. The SMILES string of the molecule is O=C(NCCN1CCOCC1)C1CC2CC2C1. The average molecular weight is 238 g/mol. The van der Waals surface area contributed by atoms with Crippen molar-refractivity contribution in [3.63, 3.8) is 0 Å². The third-order valence-corrected chi connectivity index (χ3v) is 4.45. The van der Waals surface area contributed by atoms with Gasteiger partial charge in [-0.05, 0) is 31.1 Å². The van der Waals surface area contributed by atoms with Crippen molar-refractivity contribution in [2.24, 2.45) is 17.8 Å². The summed E-state index contributed by atoms with van der Waals surface area (Å²) in [5, 5.41) is 3.09. The van der Waals surface area contributed by atoms with Gasteiger partial charge < -0.3 is 10.1 Å². The molecule has 0 spiro atoms. The van der Waals surface area contributed by atoms with E-state index in [-0.39, 0.29) is 0 Å². The first-order valence-corrected chi connectivity index (χ1v) is 6.91. The molecule has 0 bridgehead atoms. The quantitative estimate of drug-likeness (QED) is 0.774. The molecule has 0 aromatic rings. The molecule has 3 fully saturated rings. The second-order valence-electron chi connectivity index (χ2n) is 5.67. The second kappa shape index (κ2) is 4.94. The number of rotatable bonds is 4. The first kappa shape index (κ1) is 11.5. The minimum atomic E-state index is 0.297. The third-order valence-electron chi connectivity index (χ3n) is 4.45. The van der Waals surface area contributed by atoms with Gasteiger partial charge in [0.2, 0.25) is 5.91 Å². The van der Waals surface area contributed by atoms with E-state index in [0.717, 1.165) is 64.1 Å². The summed E-state index contributed by atoms with van der Waals surface area (Å²) in [5.41, 5.74) is 0. The Hall–Kier alpha value is -0.610. The number of fused-ring (bicyclic) bond motifs is 1. The van der Waals surface area contributed by atoms with Crippen LogP contribution in [0.15, 0.2) is 0 Å². The molecule has 1 N–H and O–H groups in total. The number of amides is 1. The van der Waals surface area contributed by atoms with Crippen molar-refractivity contribution in [3.8, 4) is 0 Å². The maximum absolute atomic E-state index is 11.9. The number of carbonyl (C=O) groups excluding carboxylic acids is 1. The van der Waals surface area contributed by atoms with E-state index in [0.29, 0.717) is 11.8 Å². The zero-order valence-corrected chi connectivity index (χ0v) is 10.4. The Labute approximate surface area is 103 Å². The molecule has 3 rings (SSSR count). The Balaban J connectivity index is 1.32. The molecule has 0 radical (unpaired) electrons. The molecule has 1 amide bonds. The van der Waals surface area contributed by atoms with E-state index < -0.39 is 0 Å². The number of carbonyl (C=O) groups is 1. The monoisotopic (exact) mass is 238 g/mol. The van der Waals surface area contributed by atoms with Gasteiger partial charge in [-0.25, -0.2) is 0 Å². The molecule has 4 nitrogen and oxygen atoms in total. The lowest BCUT2D eigenvalue weighted by Crippen LogP contribution is -2.42. The number of hydrogen-bond donors (Lipinski definition) is 1. The van der Waals surface area contributed by atoms with Crippen molar-refractivity contribution >= 4 is 5.91 Å². The summed E-state index contributed by atoms with van der Waals surface area (Å²) < 4.78 is 5.30. The van der Waals surface area contributed by atoms with Crippen LogP contribution >= 0.6 is 0 Å². The molecule has 0 aromatic carbocycles. The predicted molar refractivity (Wildman–Crippen MR) is 64.6 cm³/mol. The molecule has 3 aliphatic rings. The molecule has 0 aromatic heterocycles. The Morgan fingerprint density at radius 1 is 1.18 bits per heavy atom. The fourth-order valence-corrected chi connectivity index (χ4v) is 3.24. The normalized spacial score (nSPS) is 36.6. The Morgan fingerprint density at radius 2 is 1.88 bits per heavy atom. The van der Waals surface area contributed by atoms with E-state index in [4.69, 9.17) is 4.74 Å². The summed E-state index contributed by atoms with van der Waals surface area (Å²) in [4.78, 5) is 14.3. The van der Waals surface area contributed by atoms with Crippen LogP contribution in [0.3, 0.4) is 0 Å². The molecule has 17 heavy (non-hydrogen) atoms. The lowest BCUT2D eigenvalue weighted by molar-refractivity contribution is -0.125. The highest BCUT2D eigenvalue weighted by Crippen LogP contribution is 2.54. The average Bonchev–Trinajstić information content (AvgIpc) is 2.97. The fourth-order valence-electron chi connectivity index (χ4n) is 3.24.